The molecule has 146 valence electrons. The lowest BCUT2D eigenvalue weighted by Crippen LogP contribution is -2.35. The van der Waals surface area contributed by atoms with E-state index in [0.717, 1.165) is 20.1 Å². The Kier molecular flexibility index (Phi) is 7.22. The molecule has 10 heteroatoms. The zero-order chi connectivity index (χ0) is 20.1. The van der Waals surface area contributed by atoms with Gasteiger partial charge >= 0.3 is 18.2 Å². The van der Waals surface area contributed by atoms with Crippen LogP contribution in [0.3, 0.4) is 0 Å². The summed E-state index contributed by atoms with van der Waals surface area (Å²) in [6.07, 6.45) is -6.96. The summed E-state index contributed by atoms with van der Waals surface area (Å²) >= 11 is 0. The van der Waals surface area contributed by atoms with Gasteiger partial charge in [-0.3, -0.25) is 0 Å². The van der Waals surface area contributed by atoms with Gasteiger partial charge in [-0.2, -0.15) is 13.2 Å². The van der Waals surface area contributed by atoms with Crippen LogP contribution in [0, 0.1) is 5.82 Å². The SMILES string of the molecule is CCN(CC)C(=O)Nc1cc(O[C@@H](C)C(F)(F)F)c(C(=O)OC)cc1F. The van der Waals surface area contributed by atoms with Crippen molar-refractivity contribution in [2.75, 3.05) is 25.5 Å². The minimum Gasteiger partial charge on any atom is -0.480 e. The van der Waals surface area contributed by atoms with Gasteiger partial charge in [0.05, 0.1) is 12.8 Å². The highest BCUT2D eigenvalue weighted by Crippen LogP contribution is 2.31. The number of hydrogen-bond acceptors (Lipinski definition) is 4. The normalized spacial score (nSPS) is 12.3. The summed E-state index contributed by atoms with van der Waals surface area (Å²) in [5, 5.41) is 2.25. The molecule has 0 saturated carbocycles. The molecular weight excluding hydrogens is 360 g/mol. The van der Waals surface area contributed by atoms with Gasteiger partial charge in [0.1, 0.15) is 17.1 Å². The summed E-state index contributed by atoms with van der Waals surface area (Å²) in [6.45, 7) is 4.84. The molecule has 0 bridgehead atoms. The van der Waals surface area contributed by atoms with Crippen molar-refractivity contribution in [3.8, 4) is 5.75 Å². The molecule has 6 nitrogen and oxygen atoms in total. The van der Waals surface area contributed by atoms with Gasteiger partial charge in [-0.1, -0.05) is 0 Å². The average molecular weight is 380 g/mol. The van der Waals surface area contributed by atoms with Gasteiger partial charge in [0.25, 0.3) is 0 Å². The van der Waals surface area contributed by atoms with Gasteiger partial charge in [-0.15, -0.1) is 0 Å². The van der Waals surface area contributed by atoms with Gasteiger partial charge in [0, 0.05) is 19.2 Å². The highest BCUT2D eigenvalue weighted by atomic mass is 19.4. The maximum absolute atomic E-state index is 14.2. The van der Waals surface area contributed by atoms with Crippen molar-refractivity contribution < 1.29 is 36.6 Å². The second-order valence-electron chi connectivity index (χ2n) is 5.22. The minimum atomic E-state index is -4.70. The molecule has 0 aliphatic rings. The minimum absolute atomic E-state index is 0.346. The quantitative estimate of drug-likeness (QED) is 0.602. The number of carbonyl (C=O) groups excluding carboxylic acids is 2. The lowest BCUT2D eigenvalue weighted by atomic mass is 10.1. The Morgan fingerprint density at radius 1 is 1.23 bits per heavy atom. The summed E-state index contributed by atoms with van der Waals surface area (Å²) in [7, 11) is 0.993. The summed E-state index contributed by atoms with van der Waals surface area (Å²) in [6, 6.07) is 0.836. The van der Waals surface area contributed by atoms with Crippen molar-refractivity contribution in [1.82, 2.24) is 4.90 Å². The Morgan fingerprint density at radius 3 is 2.27 bits per heavy atom. The summed E-state index contributed by atoms with van der Waals surface area (Å²) in [5.74, 6) is -2.65. The number of methoxy groups -OCH3 is 1. The van der Waals surface area contributed by atoms with Crippen LogP contribution in [0.15, 0.2) is 12.1 Å². The number of anilines is 1. The molecule has 1 atom stereocenters. The van der Waals surface area contributed by atoms with Crippen molar-refractivity contribution in [2.24, 2.45) is 0 Å². The Bertz CT molecular complexity index is 660. The number of nitrogens with one attached hydrogen (secondary N) is 1. The molecule has 0 aliphatic heterocycles. The first-order valence-electron chi connectivity index (χ1n) is 7.76. The van der Waals surface area contributed by atoms with E-state index in [1.54, 1.807) is 13.8 Å². The molecule has 0 unspecified atom stereocenters. The van der Waals surface area contributed by atoms with E-state index in [1.807, 2.05) is 0 Å². The van der Waals surface area contributed by atoms with E-state index in [0.29, 0.717) is 19.2 Å². The van der Waals surface area contributed by atoms with Gasteiger partial charge in [-0.25, -0.2) is 14.0 Å². The van der Waals surface area contributed by atoms with Gasteiger partial charge in [-0.05, 0) is 26.8 Å². The number of halogens is 4. The molecule has 0 aliphatic carbocycles. The number of esters is 1. The van der Waals surface area contributed by atoms with Crippen LogP contribution >= 0.6 is 0 Å². The number of hydrogen-bond donors (Lipinski definition) is 1. The van der Waals surface area contributed by atoms with E-state index in [9.17, 15) is 27.2 Å². The number of benzene rings is 1. The third-order valence-electron chi connectivity index (χ3n) is 3.53. The second kappa shape index (κ2) is 8.72. The fourth-order valence-electron chi connectivity index (χ4n) is 1.98. The molecule has 0 radical (unpaired) electrons. The monoisotopic (exact) mass is 380 g/mol. The maximum Gasteiger partial charge on any atom is 0.425 e. The predicted octanol–water partition coefficient (Wildman–Crippen LogP) is 3.82. The summed E-state index contributed by atoms with van der Waals surface area (Å²) < 4.78 is 61.6. The van der Waals surface area contributed by atoms with Gasteiger partial charge in [0.15, 0.2) is 6.10 Å². The fraction of sp³-hybridized carbons (Fsp3) is 0.500. The van der Waals surface area contributed by atoms with Crippen molar-refractivity contribution in [3.05, 3.63) is 23.5 Å². The van der Waals surface area contributed by atoms with Crippen molar-refractivity contribution in [3.63, 3.8) is 0 Å². The van der Waals surface area contributed by atoms with E-state index in [-0.39, 0.29) is 0 Å². The smallest absolute Gasteiger partial charge is 0.425 e. The summed E-state index contributed by atoms with van der Waals surface area (Å²) in [5.41, 5.74) is -0.944. The number of ether oxygens (including phenoxy) is 2. The van der Waals surface area contributed by atoms with Crippen LogP contribution in [-0.2, 0) is 4.74 Å². The fourth-order valence-corrected chi connectivity index (χ4v) is 1.98. The number of rotatable bonds is 6. The highest BCUT2D eigenvalue weighted by Gasteiger charge is 2.39. The van der Waals surface area contributed by atoms with Crippen LogP contribution in [0.1, 0.15) is 31.1 Å². The third kappa shape index (κ3) is 5.24. The topological polar surface area (TPSA) is 67.9 Å². The van der Waals surface area contributed by atoms with Crippen LogP contribution in [0.2, 0.25) is 0 Å². The molecule has 0 fully saturated rings. The lowest BCUT2D eigenvalue weighted by molar-refractivity contribution is -0.189. The molecule has 26 heavy (non-hydrogen) atoms. The molecule has 2 amide bonds. The first-order valence-corrected chi connectivity index (χ1v) is 7.76. The number of amides is 2. The molecule has 0 saturated heterocycles. The van der Waals surface area contributed by atoms with E-state index in [2.05, 4.69) is 10.1 Å². The zero-order valence-electron chi connectivity index (χ0n) is 14.7. The summed E-state index contributed by atoms with van der Waals surface area (Å²) in [4.78, 5) is 25.1. The maximum atomic E-state index is 14.2. The number of nitrogens with zero attached hydrogens (tertiary/aromatic N) is 1. The first-order chi connectivity index (χ1) is 12.0. The van der Waals surface area contributed by atoms with E-state index in [4.69, 9.17) is 4.74 Å². The van der Waals surface area contributed by atoms with Gasteiger partial charge < -0.3 is 19.7 Å². The van der Waals surface area contributed by atoms with E-state index < -0.39 is 47.1 Å². The Morgan fingerprint density at radius 2 is 1.81 bits per heavy atom. The van der Waals surface area contributed by atoms with Gasteiger partial charge in [0.2, 0.25) is 0 Å². The third-order valence-corrected chi connectivity index (χ3v) is 3.53. The Balaban J connectivity index is 3.27. The first kappa shape index (κ1) is 21.5. The predicted molar refractivity (Wildman–Crippen MR) is 85.8 cm³/mol. The molecule has 0 aromatic heterocycles. The van der Waals surface area contributed by atoms with Crippen LogP contribution in [0.4, 0.5) is 28.0 Å². The second-order valence-corrected chi connectivity index (χ2v) is 5.22. The molecule has 1 N–H and O–H groups in total. The van der Waals surface area contributed by atoms with E-state index >= 15 is 0 Å². The molecule has 1 aromatic carbocycles. The van der Waals surface area contributed by atoms with Crippen molar-refractivity contribution in [2.45, 2.75) is 33.1 Å². The highest BCUT2D eigenvalue weighted by molar-refractivity contribution is 5.95. The van der Waals surface area contributed by atoms with Crippen LogP contribution in [0.5, 0.6) is 5.75 Å². The average Bonchev–Trinajstić information content (AvgIpc) is 2.56. The molecule has 1 rings (SSSR count). The molecular formula is C16H20F4N2O4. The number of urea groups is 1. The molecule has 0 spiro atoms. The Labute approximate surface area is 148 Å². The van der Waals surface area contributed by atoms with Crippen molar-refractivity contribution >= 4 is 17.7 Å². The Hall–Kier alpha value is -2.52. The molecule has 1 aromatic rings. The number of alkyl halides is 3. The van der Waals surface area contributed by atoms with Crippen LogP contribution in [0.25, 0.3) is 0 Å². The van der Waals surface area contributed by atoms with Crippen LogP contribution in [-0.4, -0.2) is 49.4 Å². The van der Waals surface area contributed by atoms with Crippen molar-refractivity contribution in [1.29, 1.82) is 0 Å². The largest absolute Gasteiger partial charge is 0.480 e. The van der Waals surface area contributed by atoms with Crippen LogP contribution < -0.4 is 10.1 Å². The number of carbonyl (C=O) groups is 2. The zero-order valence-corrected chi connectivity index (χ0v) is 14.7. The van der Waals surface area contributed by atoms with E-state index in [1.165, 1.54) is 4.90 Å². The molecule has 0 heterocycles. The lowest BCUT2D eigenvalue weighted by Gasteiger charge is -2.22. The standard InChI is InChI=1S/C16H20F4N2O4/c1-5-22(6-2)15(24)21-12-8-13(26-9(3)16(18,19)20)10(7-11(12)17)14(23)25-4/h7-9H,5-6H2,1-4H3,(H,21,24)/t9-/m0/s1.